The zero-order valence-electron chi connectivity index (χ0n) is 16.0. The number of H-pyrrole nitrogens is 1. The van der Waals surface area contributed by atoms with Crippen LogP contribution in [-0.4, -0.2) is 51.0 Å². The molecule has 8 nitrogen and oxygen atoms in total. The summed E-state index contributed by atoms with van der Waals surface area (Å²) in [6.07, 6.45) is 7.24. The van der Waals surface area contributed by atoms with Crippen molar-refractivity contribution in [1.82, 2.24) is 24.8 Å². The third-order valence-electron chi connectivity index (χ3n) is 5.62. The number of nitrogens with one attached hydrogen (secondary N) is 1. The van der Waals surface area contributed by atoms with Gasteiger partial charge in [0, 0.05) is 44.5 Å². The van der Waals surface area contributed by atoms with Gasteiger partial charge in [-0.25, -0.2) is 9.97 Å². The Kier molecular flexibility index (Phi) is 4.45. The van der Waals surface area contributed by atoms with Crippen molar-refractivity contribution in [2.45, 2.75) is 25.3 Å². The Balaban J connectivity index is 1.25. The largest absolute Gasteiger partial charge is 0.338 e. The lowest BCUT2D eigenvalue weighted by Crippen LogP contribution is -2.46. The summed E-state index contributed by atoms with van der Waals surface area (Å²) in [5.41, 5.74) is 4.13. The monoisotopic (exact) mass is 387 g/mol. The predicted octanol–water partition coefficient (Wildman–Crippen LogP) is 1.78. The molecule has 29 heavy (non-hydrogen) atoms. The molecule has 0 aromatic carbocycles. The van der Waals surface area contributed by atoms with E-state index in [0.29, 0.717) is 17.4 Å². The molecular formula is C21H21N7O. The number of piperazine rings is 1. The van der Waals surface area contributed by atoms with Gasteiger partial charge < -0.3 is 9.88 Å². The SMILES string of the molecule is N#Cc1cnc(N2CCN(Cc3cnc4cc(C5CC5)c(=O)[nH]c4c3)CC2)nc1. The second-order valence-corrected chi connectivity index (χ2v) is 7.75. The fourth-order valence-electron chi connectivity index (χ4n) is 3.83. The number of pyridine rings is 2. The molecule has 0 atom stereocenters. The maximum atomic E-state index is 12.3. The van der Waals surface area contributed by atoms with Crippen molar-refractivity contribution < 1.29 is 0 Å². The number of rotatable bonds is 4. The molecule has 2 fully saturated rings. The zero-order valence-corrected chi connectivity index (χ0v) is 16.0. The van der Waals surface area contributed by atoms with Crippen molar-refractivity contribution in [3.8, 4) is 6.07 Å². The highest BCUT2D eigenvalue weighted by atomic mass is 16.1. The number of aromatic amines is 1. The van der Waals surface area contributed by atoms with Crippen LogP contribution >= 0.6 is 0 Å². The zero-order chi connectivity index (χ0) is 19.8. The Morgan fingerprint density at radius 2 is 1.83 bits per heavy atom. The van der Waals surface area contributed by atoms with E-state index in [0.717, 1.165) is 67.7 Å². The molecule has 1 aliphatic carbocycles. The predicted molar refractivity (Wildman–Crippen MR) is 109 cm³/mol. The van der Waals surface area contributed by atoms with Crippen molar-refractivity contribution in [1.29, 1.82) is 5.26 Å². The standard InChI is InChI=1S/C21H21N7O/c22-9-15-11-24-21(25-12-15)28-5-3-27(4-6-28)13-14-7-19-18(23-10-14)8-17(16-1-2-16)20(29)26-19/h7-8,10-12,16H,1-6,13H2,(H,26,29). The first kappa shape index (κ1) is 17.8. The number of hydrogen-bond acceptors (Lipinski definition) is 7. The molecule has 8 heteroatoms. The quantitative estimate of drug-likeness (QED) is 0.728. The van der Waals surface area contributed by atoms with Crippen LogP contribution in [-0.2, 0) is 6.54 Å². The summed E-state index contributed by atoms with van der Waals surface area (Å²) in [6, 6.07) is 6.03. The molecule has 5 rings (SSSR count). The molecule has 0 bridgehead atoms. The third-order valence-corrected chi connectivity index (χ3v) is 5.62. The molecular weight excluding hydrogens is 366 g/mol. The van der Waals surface area contributed by atoms with Crippen molar-refractivity contribution in [3.05, 3.63) is 57.8 Å². The van der Waals surface area contributed by atoms with Crippen LogP contribution in [0.5, 0.6) is 0 Å². The van der Waals surface area contributed by atoms with Crippen molar-refractivity contribution in [2.75, 3.05) is 31.1 Å². The summed E-state index contributed by atoms with van der Waals surface area (Å²) in [7, 11) is 0. The van der Waals surface area contributed by atoms with Crippen LogP contribution in [0.15, 0.2) is 35.5 Å². The van der Waals surface area contributed by atoms with E-state index in [1.165, 1.54) is 0 Å². The van der Waals surface area contributed by atoms with E-state index >= 15 is 0 Å². The number of fused-ring (bicyclic) bond motifs is 1. The lowest BCUT2D eigenvalue weighted by atomic mass is 10.1. The minimum atomic E-state index is 0.0231. The molecule has 3 aromatic rings. The summed E-state index contributed by atoms with van der Waals surface area (Å²) < 4.78 is 0. The van der Waals surface area contributed by atoms with Gasteiger partial charge in [-0.2, -0.15) is 5.26 Å². The van der Waals surface area contributed by atoms with Crippen LogP contribution in [0, 0.1) is 11.3 Å². The topological polar surface area (TPSA) is 102 Å². The average molecular weight is 387 g/mol. The molecule has 3 aromatic heterocycles. The first-order valence-corrected chi connectivity index (χ1v) is 9.91. The van der Waals surface area contributed by atoms with Crippen molar-refractivity contribution in [3.63, 3.8) is 0 Å². The summed E-state index contributed by atoms with van der Waals surface area (Å²) in [6.45, 7) is 4.22. The van der Waals surface area contributed by atoms with Crippen LogP contribution in [0.2, 0.25) is 0 Å². The minimum Gasteiger partial charge on any atom is -0.338 e. The van der Waals surface area contributed by atoms with Crippen molar-refractivity contribution >= 4 is 17.0 Å². The molecule has 0 unspecified atom stereocenters. The molecule has 1 N–H and O–H groups in total. The highest BCUT2D eigenvalue weighted by Crippen LogP contribution is 2.38. The Morgan fingerprint density at radius 3 is 2.52 bits per heavy atom. The molecule has 1 saturated heterocycles. The number of aromatic nitrogens is 4. The van der Waals surface area contributed by atoms with E-state index in [2.05, 4.69) is 29.7 Å². The van der Waals surface area contributed by atoms with Gasteiger partial charge >= 0.3 is 0 Å². The van der Waals surface area contributed by atoms with Gasteiger partial charge in [-0.15, -0.1) is 0 Å². The van der Waals surface area contributed by atoms with Gasteiger partial charge in [0.25, 0.3) is 5.56 Å². The first-order chi connectivity index (χ1) is 14.2. The third kappa shape index (κ3) is 3.69. The Bertz CT molecular complexity index is 1140. The van der Waals surface area contributed by atoms with E-state index in [4.69, 9.17) is 5.26 Å². The van der Waals surface area contributed by atoms with Gasteiger partial charge in [-0.05, 0) is 36.5 Å². The highest BCUT2D eigenvalue weighted by molar-refractivity contribution is 5.75. The number of anilines is 1. The Hall–Kier alpha value is -3.31. The second kappa shape index (κ2) is 7.26. The van der Waals surface area contributed by atoms with Gasteiger partial charge in [0.05, 0.1) is 29.0 Å². The van der Waals surface area contributed by atoms with Crippen LogP contribution in [0.1, 0.15) is 35.4 Å². The fraction of sp³-hybridized carbons (Fsp3) is 0.381. The maximum absolute atomic E-state index is 12.3. The lowest BCUT2D eigenvalue weighted by Gasteiger charge is -2.34. The van der Waals surface area contributed by atoms with Gasteiger partial charge in [-0.3, -0.25) is 14.7 Å². The summed E-state index contributed by atoms with van der Waals surface area (Å²) in [5.74, 6) is 1.08. The molecule has 4 heterocycles. The van der Waals surface area contributed by atoms with Crippen LogP contribution < -0.4 is 10.5 Å². The molecule has 1 saturated carbocycles. The fourth-order valence-corrected chi connectivity index (χ4v) is 3.83. The average Bonchev–Trinajstić information content (AvgIpc) is 3.59. The second-order valence-electron chi connectivity index (χ2n) is 7.75. The first-order valence-electron chi connectivity index (χ1n) is 9.91. The minimum absolute atomic E-state index is 0.0231. The molecule has 1 aliphatic heterocycles. The summed E-state index contributed by atoms with van der Waals surface area (Å²) in [5, 5.41) is 8.86. The van der Waals surface area contributed by atoms with E-state index in [1.807, 2.05) is 24.4 Å². The maximum Gasteiger partial charge on any atom is 0.252 e. The molecule has 0 amide bonds. The number of hydrogen-bond donors (Lipinski definition) is 1. The number of nitriles is 1. The molecule has 0 radical (unpaired) electrons. The van der Waals surface area contributed by atoms with Crippen LogP contribution in [0.4, 0.5) is 5.95 Å². The summed E-state index contributed by atoms with van der Waals surface area (Å²) >= 11 is 0. The smallest absolute Gasteiger partial charge is 0.252 e. The Labute approximate surface area is 167 Å². The van der Waals surface area contributed by atoms with Gasteiger partial charge in [0.1, 0.15) is 6.07 Å². The summed E-state index contributed by atoms with van der Waals surface area (Å²) in [4.78, 5) is 32.9. The van der Waals surface area contributed by atoms with Gasteiger partial charge in [0.15, 0.2) is 0 Å². The molecule has 2 aliphatic rings. The lowest BCUT2D eigenvalue weighted by molar-refractivity contribution is 0.248. The van der Waals surface area contributed by atoms with Crippen LogP contribution in [0.25, 0.3) is 11.0 Å². The number of nitrogens with zero attached hydrogens (tertiary/aromatic N) is 6. The van der Waals surface area contributed by atoms with E-state index in [-0.39, 0.29) is 5.56 Å². The van der Waals surface area contributed by atoms with Crippen molar-refractivity contribution in [2.24, 2.45) is 0 Å². The Morgan fingerprint density at radius 1 is 1.07 bits per heavy atom. The van der Waals surface area contributed by atoms with Gasteiger partial charge in [-0.1, -0.05) is 0 Å². The van der Waals surface area contributed by atoms with E-state index in [1.54, 1.807) is 12.4 Å². The molecule has 0 spiro atoms. The normalized spacial score (nSPS) is 17.4. The highest BCUT2D eigenvalue weighted by Gasteiger charge is 2.26. The molecule has 146 valence electrons. The van der Waals surface area contributed by atoms with Crippen LogP contribution in [0.3, 0.4) is 0 Å². The van der Waals surface area contributed by atoms with E-state index < -0.39 is 0 Å². The van der Waals surface area contributed by atoms with Gasteiger partial charge in [0.2, 0.25) is 5.95 Å². The van der Waals surface area contributed by atoms with E-state index in [9.17, 15) is 4.79 Å².